The molecule has 0 radical (unpaired) electrons. The van der Waals surface area contributed by atoms with Gasteiger partial charge in [-0.25, -0.2) is 24.0 Å². The summed E-state index contributed by atoms with van der Waals surface area (Å²) in [6, 6.07) is 6.80. The van der Waals surface area contributed by atoms with Gasteiger partial charge in [-0.05, 0) is 74.9 Å². The number of benzene rings is 2. The predicted molar refractivity (Wildman–Crippen MR) is 333 cm³/mol. The highest BCUT2D eigenvalue weighted by Crippen LogP contribution is 2.49. The summed E-state index contributed by atoms with van der Waals surface area (Å²) in [4.78, 5) is 124. The molecule has 2 fully saturated rings. The van der Waals surface area contributed by atoms with Crippen molar-refractivity contribution in [3.63, 3.8) is 0 Å². The lowest BCUT2D eigenvalue weighted by molar-refractivity contribution is -0.162. The second-order valence-corrected chi connectivity index (χ2v) is 23.7. The summed E-state index contributed by atoms with van der Waals surface area (Å²) in [7, 11) is 8.60. The number of aliphatic hydroxyl groups is 1. The van der Waals surface area contributed by atoms with Gasteiger partial charge in [-0.3, -0.25) is 29.8 Å². The molecule has 4 heterocycles. The lowest BCUT2D eigenvalue weighted by Gasteiger charge is -2.42. The summed E-state index contributed by atoms with van der Waals surface area (Å²) in [6.45, 7) is 6.42. The molecule has 6 rings (SSSR count). The van der Waals surface area contributed by atoms with Crippen molar-refractivity contribution in [2.45, 2.75) is 114 Å². The van der Waals surface area contributed by atoms with Crippen molar-refractivity contribution < 1.29 is 95.6 Å². The van der Waals surface area contributed by atoms with E-state index in [9.17, 15) is 48.3 Å². The number of allylic oxidation sites excluding steroid dienone is 3. The van der Waals surface area contributed by atoms with Crippen LogP contribution >= 0.6 is 23.4 Å². The van der Waals surface area contributed by atoms with Gasteiger partial charge in [0, 0.05) is 73.7 Å². The molecule has 2 saturated heterocycles. The molecule has 1 unspecified atom stereocenters. The number of carbonyl (C=O) groups excluding carboxylic acids is 9. The van der Waals surface area contributed by atoms with Crippen molar-refractivity contribution in [1.82, 2.24) is 25.3 Å². The molecule has 4 aliphatic heterocycles. The first-order valence-electron chi connectivity index (χ1n) is 29.3. The smallest absolute Gasteiger partial charge is 0.412 e. The highest BCUT2D eigenvalue weighted by Gasteiger charge is 2.64. The zero-order valence-corrected chi connectivity index (χ0v) is 54.6. The minimum atomic E-state index is -1.91. The van der Waals surface area contributed by atoms with Crippen LogP contribution < -0.4 is 30.9 Å². The average Bonchev–Trinajstić information content (AvgIpc) is 1.60. The van der Waals surface area contributed by atoms with Gasteiger partial charge in [0.15, 0.2) is 5.72 Å². The van der Waals surface area contributed by atoms with E-state index < -0.39 is 115 Å². The maximum atomic E-state index is 14.4. The van der Waals surface area contributed by atoms with E-state index in [1.807, 2.05) is 13.0 Å². The molecule has 4 aliphatic rings. The lowest BCUT2D eigenvalue weighted by atomic mass is 9.83. The van der Waals surface area contributed by atoms with Gasteiger partial charge >= 0.3 is 30.3 Å². The number of anilines is 3. The monoisotopic (exact) mass is 1310 g/mol. The maximum Gasteiger partial charge on any atom is 0.412 e. The Bertz CT molecular complexity index is 3060. The fourth-order valence-corrected chi connectivity index (χ4v) is 10.7. The van der Waals surface area contributed by atoms with Crippen LogP contribution in [0.2, 0.25) is 5.02 Å². The fraction of sp³-hybridized carbons (Fsp3) is 0.557. The SMILES string of the molecule is COc1cc2cc(c1Cl)N(C)C(=O)C[C@H](OC(=O)[C@H](C)N(C)C(=O)CCOC(=O)N(C)CCN(C)C(=O)OCc1ccc(NC(=O)OC3/C=C/COCOC3)c(NC(=O)CCNC(=O)CSC)c1)[C@]1(C)O[C@H]1[C@H](C)[C@@H]1C[C@@](O)(NC(=O)O1)[C@H](OC)/C=C/C=C(\C)C2. The standard InChI is InChI=1S/C61H83ClN8O20S/c1-36-14-12-16-47(82-10)61(80)31-46(88-57(77)66-61)37(2)54-60(4,90-54)48(30-52(74)70(8)44-28-40(26-36)29-45(81-9)53(44)62)89-55(75)38(3)69(7)51(73)20-25-85-58(78)67(5)22-23-68(6)59(79)86-32-39-17-18-42(65-56(76)87-41-15-13-24-83-35-84-33-41)43(27-39)64-49(71)19-21-63-50(72)34-91-11/h12-18,27-29,37-38,41,46-48,54,80H,19-26,30-35H2,1-11H3,(H,63,72)(H,64,71)(H,65,76)(H,66,77)/b15-13+,16-12+,36-14+/t37-,38+,41?,46+,47-,48+,54+,60+,61+/m1/s1. The molecular weight excluding hydrogens is 1230 g/mol. The number of nitrogens with zero attached hydrogens (tertiary/aromatic N) is 4. The number of esters is 1. The first-order chi connectivity index (χ1) is 43.2. The zero-order valence-electron chi connectivity index (χ0n) is 53.0. The van der Waals surface area contributed by atoms with E-state index in [4.69, 9.17) is 59.0 Å². The highest BCUT2D eigenvalue weighted by molar-refractivity contribution is 7.99. The highest BCUT2D eigenvalue weighted by atomic mass is 35.5. The van der Waals surface area contributed by atoms with Crippen molar-refractivity contribution >= 4 is 94.4 Å². The Kier molecular flexibility index (Phi) is 26.7. The Morgan fingerprint density at radius 3 is 2.37 bits per heavy atom. The van der Waals surface area contributed by atoms with Crippen LogP contribution in [-0.4, -0.2) is 222 Å². The second-order valence-electron chi connectivity index (χ2n) is 22.5. The van der Waals surface area contributed by atoms with Crippen molar-refractivity contribution in [3.05, 3.63) is 82.4 Å². The van der Waals surface area contributed by atoms with Crippen LogP contribution in [0, 0.1) is 5.92 Å². The molecule has 5 N–H and O–H groups in total. The number of amides is 8. The third-order valence-corrected chi connectivity index (χ3v) is 16.6. The minimum Gasteiger partial charge on any atom is -0.495 e. The molecule has 9 atom stereocenters. The van der Waals surface area contributed by atoms with Crippen LogP contribution in [0.15, 0.2) is 66.3 Å². The van der Waals surface area contributed by atoms with Crippen molar-refractivity contribution in [1.29, 1.82) is 0 Å². The normalized spacial score (nSPS) is 24.8. The van der Waals surface area contributed by atoms with Crippen molar-refractivity contribution in [2.75, 3.05) is 116 Å². The summed E-state index contributed by atoms with van der Waals surface area (Å²) in [5.74, 6) is -2.85. The van der Waals surface area contributed by atoms with E-state index in [2.05, 4.69) is 21.3 Å². The number of alkyl carbamates (subject to hydrolysis) is 1. The topological polar surface area (TPSA) is 331 Å². The number of epoxide rings is 1. The number of hydrogen-bond acceptors (Lipinski definition) is 21. The van der Waals surface area contributed by atoms with Gasteiger partial charge in [0.05, 0.1) is 62.1 Å². The molecular formula is C61H83ClN8O20S. The van der Waals surface area contributed by atoms with E-state index in [1.165, 1.54) is 87.9 Å². The maximum absolute atomic E-state index is 14.4. The summed E-state index contributed by atoms with van der Waals surface area (Å²) in [5, 5.41) is 22.5. The molecule has 0 aliphatic carbocycles. The third kappa shape index (κ3) is 20.4. The number of methoxy groups -OCH3 is 2. The third-order valence-electron chi connectivity index (χ3n) is 15.6. The fourth-order valence-electron chi connectivity index (χ4n) is 10.0. The largest absolute Gasteiger partial charge is 0.495 e. The molecule has 4 bridgehead atoms. The molecule has 8 amide bonds. The van der Waals surface area contributed by atoms with Gasteiger partial charge < -0.3 is 82.7 Å². The molecule has 0 spiro atoms. The predicted octanol–water partition coefficient (Wildman–Crippen LogP) is 5.53. The summed E-state index contributed by atoms with van der Waals surface area (Å²) < 4.78 is 56.3. The Labute approximate surface area is 537 Å². The number of halogens is 1. The number of hydrogen-bond donors (Lipinski definition) is 5. The van der Waals surface area contributed by atoms with Crippen LogP contribution in [0.4, 0.5) is 36.2 Å². The van der Waals surface area contributed by atoms with Crippen LogP contribution in [0.5, 0.6) is 5.75 Å². The van der Waals surface area contributed by atoms with Gasteiger partial charge in [-0.2, -0.15) is 11.8 Å². The molecule has 2 aromatic rings. The summed E-state index contributed by atoms with van der Waals surface area (Å²) in [5.41, 5.74) is -0.598. The Morgan fingerprint density at radius 2 is 1.67 bits per heavy atom. The lowest BCUT2D eigenvalue weighted by Crippen LogP contribution is -2.63. The number of ether oxygens (including phenoxy) is 10. The van der Waals surface area contributed by atoms with Gasteiger partial charge in [0.25, 0.3) is 0 Å². The average molecular weight is 1320 g/mol. The van der Waals surface area contributed by atoms with E-state index in [1.54, 1.807) is 62.6 Å². The van der Waals surface area contributed by atoms with Crippen LogP contribution in [0.25, 0.3) is 0 Å². The molecule has 500 valence electrons. The number of fused-ring (bicyclic) bond motifs is 5. The number of nitrogens with one attached hydrogen (secondary N) is 4. The summed E-state index contributed by atoms with van der Waals surface area (Å²) in [6.07, 6.45) is 1.55. The van der Waals surface area contributed by atoms with E-state index in [-0.39, 0.29) is 93.6 Å². The molecule has 91 heavy (non-hydrogen) atoms. The van der Waals surface area contributed by atoms with Crippen molar-refractivity contribution in [2.24, 2.45) is 5.92 Å². The Morgan fingerprint density at radius 1 is 0.945 bits per heavy atom. The number of thioether (sulfide) groups is 1. The quantitative estimate of drug-likeness (QED) is 0.0444. The molecule has 0 aromatic heterocycles. The van der Waals surface area contributed by atoms with Crippen molar-refractivity contribution in [3.8, 4) is 5.75 Å². The van der Waals surface area contributed by atoms with Crippen LogP contribution in [-0.2, 0) is 79.6 Å². The number of rotatable bonds is 21. The van der Waals surface area contributed by atoms with Gasteiger partial charge in [0.1, 0.15) is 66.8 Å². The molecule has 28 nitrogen and oxygen atoms in total. The van der Waals surface area contributed by atoms with Gasteiger partial charge in [-0.1, -0.05) is 54.5 Å². The minimum absolute atomic E-state index is 0.0128. The number of carbonyl (C=O) groups is 9. The van der Waals surface area contributed by atoms with Crippen LogP contribution in [0.1, 0.15) is 64.5 Å². The van der Waals surface area contributed by atoms with E-state index in [0.29, 0.717) is 23.4 Å². The Balaban J connectivity index is 1.03. The van der Waals surface area contributed by atoms with E-state index >= 15 is 0 Å². The molecule has 0 saturated carbocycles. The second kappa shape index (κ2) is 33.6. The first kappa shape index (κ1) is 72.4. The molecule has 2 aromatic carbocycles. The van der Waals surface area contributed by atoms with Gasteiger partial charge in [0.2, 0.25) is 23.6 Å². The first-order valence-corrected chi connectivity index (χ1v) is 31.1. The zero-order chi connectivity index (χ0) is 66.7. The molecule has 30 heteroatoms. The van der Waals surface area contributed by atoms with Crippen LogP contribution in [0.3, 0.4) is 0 Å². The summed E-state index contributed by atoms with van der Waals surface area (Å²) >= 11 is 8.16. The number of likely N-dealkylation sites (N-methyl/N-ethyl adjacent to an activating group) is 3. The Hall–Kier alpha value is -7.67. The van der Waals surface area contributed by atoms with Gasteiger partial charge in [-0.15, -0.1) is 0 Å². The van der Waals surface area contributed by atoms with E-state index in [0.717, 1.165) is 16.0 Å².